The molecule has 0 aromatic heterocycles. The van der Waals surface area contributed by atoms with Gasteiger partial charge in [0, 0.05) is 5.69 Å². The monoisotopic (exact) mass is 253 g/mol. The smallest absolute Gasteiger partial charge is 0.412 e. The number of ether oxygens (including phenoxy) is 1. The molecule has 0 aliphatic heterocycles. The first-order chi connectivity index (χ1) is 8.23. The van der Waals surface area contributed by atoms with E-state index in [4.69, 9.17) is 4.74 Å². The molecule has 0 atom stereocenters. The predicted octanol–water partition coefficient (Wildman–Crippen LogP) is 3.29. The molecule has 0 unspecified atom stereocenters. The largest absolute Gasteiger partial charge is 0.444 e. The number of hydrogen-bond acceptors (Lipinski definition) is 3. The Morgan fingerprint density at radius 3 is 2.50 bits per heavy atom. The molecule has 0 saturated carbocycles. The van der Waals surface area contributed by atoms with Crippen LogP contribution in [0.15, 0.2) is 12.1 Å². The Morgan fingerprint density at radius 2 is 2.00 bits per heavy atom. The Hall–Kier alpha value is -1.91. The van der Waals surface area contributed by atoms with Gasteiger partial charge in [-0.3, -0.25) is 10.1 Å². The van der Waals surface area contributed by atoms with Crippen molar-refractivity contribution in [3.8, 4) is 0 Å². The zero-order valence-electron chi connectivity index (χ0n) is 10.8. The fourth-order valence-corrected chi connectivity index (χ4v) is 1.33. The molecule has 5 heteroatoms. The highest BCUT2D eigenvalue weighted by atomic mass is 19.1. The molecule has 0 fully saturated rings. The maximum atomic E-state index is 13.3. The molecular formula is C13H16FNO3. The number of rotatable bonds is 2. The Labute approximate surface area is 105 Å². The van der Waals surface area contributed by atoms with Gasteiger partial charge in [0.15, 0.2) is 6.29 Å². The lowest BCUT2D eigenvalue weighted by Gasteiger charge is -2.20. The average molecular weight is 253 g/mol. The fourth-order valence-electron chi connectivity index (χ4n) is 1.33. The molecule has 98 valence electrons. The van der Waals surface area contributed by atoms with Gasteiger partial charge in [-0.15, -0.1) is 0 Å². The van der Waals surface area contributed by atoms with E-state index in [1.807, 2.05) is 0 Å². The van der Waals surface area contributed by atoms with Gasteiger partial charge in [-0.1, -0.05) is 0 Å². The van der Waals surface area contributed by atoms with E-state index in [0.717, 1.165) is 0 Å². The number of hydrogen-bond donors (Lipinski definition) is 1. The summed E-state index contributed by atoms with van der Waals surface area (Å²) in [4.78, 5) is 22.2. The van der Waals surface area contributed by atoms with Crippen molar-refractivity contribution in [3.63, 3.8) is 0 Å². The molecule has 1 aromatic rings. The van der Waals surface area contributed by atoms with E-state index in [0.29, 0.717) is 17.5 Å². The molecule has 0 spiro atoms. The van der Waals surface area contributed by atoms with E-state index in [1.165, 1.54) is 12.1 Å². The topological polar surface area (TPSA) is 55.4 Å². The van der Waals surface area contributed by atoms with Gasteiger partial charge >= 0.3 is 6.09 Å². The highest BCUT2D eigenvalue weighted by Gasteiger charge is 2.17. The molecule has 0 aliphatic carbocycles. The summed E-state index contributed by atoms with van der Waals surface area (Å²) >= 11 is 0. The number of amides is 1. The second kappa shape index (κ2) is 5.16. The molecule has 0 saturated heterocycles. The Kier molecular flexibility index (Phi) is 4.06. The van der Waals surface area contributed by atoms with Crippen LogP contribution >= 0.6 is 0 Å². The normalized spacial score (nSPS) is 10.9. The molecule has 1 rings (SSSR count). The van der Waals surface area contributed by atoms with Crippen LogP contribution in [0.2, 0.25) is 0 Å². The minimum atomic E-state index is -0.644. The van der Waals surface area contributed by atoms with Crippen molar-refractivity contribution in [1.82, 2.24) is 0 Å². The van der Waals surface area contributed by atoms with E-state index < -0.39 is 17.5 Å². The Balaban J connectivity index is 2.91. The molecule has 0 heterocycles. The molecule has 4 nitrogen and oxygen atoms in total. The third kappa shape index (κ3) is 3.84. The highest BCUT2D eigenvalue weighted by Crippen LogP contribution is 2.20. The standard InChI is InChI=1S/C13H16FNO3/c1-8-5-10(14)9(7-16)6-11(8)15-12(17)18-13(2,3)4/h5-7H,1-4H3,(H,15,17). The molecular weight excluding hydrogens is 237 g/mol. The van der Waals surface area contributed by atoms with Crippen LogP contribution in [0.5, 0.6) is 0 Å². The lowest BCUT2D eigenvalue weighted by atomic mass is 10.1. The third-order valence-corrected chi connectivity index (χ3v) is 2.11. The minimum Gasteiger partial charge on any atom is -0.444 e. The lowest BCUT2D eigenvalue weighted by Crippen LogP contribution is -2.27. The van der Waals surface area contributed by atoms with E-state index in [9.17, 15) is 14.0 Å². The van der Waals surface area contributed by atoms with Crippen LogP contribution in [0, 0.1) is 12.7 Å². The Bertz CT molecular complexity index is 478. The molecule has 1 N–H and O–H groups in total. The number of aldehydes is 1. The van der Waals surface area contributed by atoms with Crippen molar-refractivity contribution in [2.24, 2.45) is 0 Å². The number of benzene rings is 1. The molecule has 1 amide bonds. The summed E-state index contributed by atoms with van der Waals surface area (Å²) in [5.74, 6) is -0.614. The second-order valence-corrected chi connectivity index (χ2v) is 4.93. The van der Waals surface area contributed by atoms with Gasteiger partial charge in [-0.05, 0) is 45.4 Å². The van der Waals surface area contributed by atoms with E-state index in [1.54, 1.807) is 27.7 Å². The second-order valence-electron chi connectivity index (χ2n) is 4.93. The summed E-state index contributed by atoms with van der Waals surface area (Å²) in [6.07, 6.45) is -0.247. The van der Waals surface area contributed by atoms with Crippen LogP contribution in [-0.4, -0.2) is 18.0 Å². The quantitative estimate of drug-likeness (QED) is 0.823. The maximum absolute atomic E-state index is 13.3. The van der Waals surface area contributed by atoms with Crippen LogP contribution in [-0.2, 0) is 4.74 Å². The van der Waals surface area contributed by atoms with E-state index in [-0.39, 0.29) is 5.56 Å². The van der Waals surface area contributed by atoms with Crippen molar-refractivity contribution in [2.75, 3.05) is 5.32 Å². The van der Waals surface area contributed by atoms with Crippen LogP contribution in [0.3, 0.4) is 0 Å². The molecule has 18 heavy (non-hydrogen) atoms. The number of carbonyl (C=O) groups excluding carboxylic acids is 2. The predicted molar refractivity (Wildman–Crippen MR) is 66.4 cm³/mol. The number of halogens is 1. The molecule has 1 aromatic carbocycles. The fraction of sp³-hybridized carbons (Fsp3) is 0.385. The number of anilines is 1. The molecule has 0 bridgehead atoms. The third-order valence-electron chi connectivity index (χ3n) is 2.11. The summed E-state index contributed by atoms with van der Waals surface area (Å²) in [7, 11) is 0. The van der Waals surface area contributed by atoms with Gasteiger partial charge in [0.25, 0.3) is 0 Å². The van der Waals surface area contributed by atoms with Gasteiger partial charge in [0.2, 0.25) is 0 Å². The van der Waals surface area contributed by atoms with Crippen LogP contribution in [0.1, 0.15) is 36.7 Å². The number of nitrogens with one attached hydrogen (secondary N) is 1. The molecule has 0 radical (unpaired) electrons. The van der Waals surface area contributed by atoms with E-state index >= 15 is 0 Å². The van der Waals surface area contributed by atoms with Crippen molar-refractivity contribution in [2.45, 2.75) is 33.3 Å². The maximum Gasteiger partial charge on any atom is 0.412 e. The zero-order valence-corrected chi connectivity index (χ0v) is 10.8. The van der Waals surface area contributed by atoms with Crippen LogP contribution in [0.25, 0.3) is 0 Å². The summed E-state index contributed by atoms with van der Waals surface area (Å²) in [5, 5.41) is 2.48. The van der Waals surface area contributed by atoms with Crippen LogP contribution < -0.4 is 5.32 Å². The number of carbonyl (C=O) groups is 2. The summed E-state index contributed by atoms with van der Waals surface area (Å²) in [5.41, 5.74) is 0.147. The summed E-state index contributed by atoms with van der Waals surface area (Å²) in [6.45, 7) is 6.84. The van der Waals surface area contributed by atoms with Crippen molar-refractivity contribution in [1.29, 1.82) is 0 Å². The van der Waals surface area contributed by atoms with Crippen LogP contribution in [0.4, 0.5) is 14.9 Å². The van der Waals surface area contributed by atoms with Crippen molar-refractivity contribution in [3.05, 3.63) is 29.1 Å². The summed E-state index contributed by atoms with van der Waals surface area (Å²) in [6, 6.07) is 2.47. The summed E-state index contributed by atoms with van der Waals surface area (Å²) < 4.78 is 18.3. The average Bonchev–Trinajstić information content (AvgIpc) is 2.19. The number of aryl methyl sites for hydroxylation is 1. The van der Waals surface area contributed by atoms with E-state index in [2.05, 4.69) is 5.32 Å². The SMILES string of the molecule is Cc1cc(F)c(C=O)cc1NC(=O)OC(C)(C)C. The van der Waals surface area contributed by atoms with Crippen molar-refractivity contribution < 1.29 is 18.7 Å². The first kappa shape index (κ1) is 14.2. The van der Waals surface area contributed by atoms with Crippen molar-refractivity contribution >= 4 is 18.1 Å². The van der Waals surface area contributed by atoms with Gasteiger partial charge in [-0.2, -0.15) is 0 Å². The van der Waals surface area contributed by atoms with Gasteiger partial charge < -0.3 is 4.74 Å². The molecule has 0 aliphatic rings. The lowest BCUT2D eigenvalue weighted by molar-refractivity contribution is 0.0635. The van der Waals surface area contributed by atoms with Gasteiger partial charge in [0.05, 0.1) is 5.56 Å². The van der Waals surface area contributed by atoms with Gasteiger partial charge in [0.1, 0.15) is 11.4 Å². The first-order valence-corrected chi connectivity index (χ1v) is 5.48. The first-order valence-electron chi connectivity index (χ1n) is 5.48. The Morgan fingerprint density at radius 1 is 1.39 bits per heavy atom. The minimum absolute atomic E-state index is 0.105. The van der Waals surface area contributed by atoms with Gasteiger partial charge in [-0.25, -0.2) is 9.18 Å². The highest BCUT2D eigenvalue weighted by molar-refractivity contribution is 5.88. The zero-order chi connectivity index (χ0) is 13.9.